The number of hydrogen-bond acceptors (Lipinski definition) is 4. The first-order valence-electron chi connectivity index (χ1n) is 6.49. The number of hydrogen-bond donors (Lipinski definition) is 2. The van der Waals surface area contributed by atoms with Crippen molar-refractivity contribution >= 4 is 21.7 Å². The monoisotopic (exact) mass is 343 g/mol. The van der Waals surface area contributed by atoms with Crippen LogP contribution >= 0.6 is 15.9 Å². The lowest BCUT2D eigenvalue weighted by molar-refractivity contribution is 0.580. The molecular formula is C16H14BrN3O. The van der Waals surface area contributed by atoms with Crippen LogP contribution in [0.4, 0.5) is 5.82 Å². The molecule has 0 amide bonds. The predicted octanol–water partition coefficient (Wildman–Crippen LogP) is 3.81. The minimum Gasteiger partial charge on any atom is -0.463 e. The third-order valence-electron chi connectivity index (χ3n) is 3.30. The molecule has 0 aliphatic rings. The van der Waals surface area contributed by atoms with Crippen LogP contribution in [-0.4, -0.2) is 4.98 Å². The summed E-state index contributed by atoms with van der Waals surface area (Å²) in [5.74, 6) is 1.11. The zero-order valence-electron chi connectivity index (χ0n) is 11.2. The Morgan fingerprint density at radius 3 is 2.57 bits per heavy atom. The molecule has 0 bridgehead atoms. The van der Waals surface area contributed by atoms with Gasteiger partial charge in [0.1, 0.15) is 11.5 Å². The zero-order chi connectivity index (χ0) is 14.8. The lowest BCUT2D eigenvalue weighted by Crippen LogP contribution is -2.07. The second kappa shape index (κ2) is 5.71. The molecule has 2 aromatic heterocycles. The first-order valence-corrected chi connectivity index (χ1v) is 7.28. The van der Waals surface area contributed by atoms with Gasteiger partial charge in [0.2, 0.25) is 0 Å². The molecule has 0 spiro atoms. The van der Waals surface area contributed by atoms with E-state index in [1.807, 2.05) is 42.5 Å². The molecule has 4 N–H and O–H groups in total. The molecule has 5 heteroatoms. The van der Waals surface area contributed by atoms with Crippen molar-refractivity contribution in [2.45, 2.75) is 6.54 Å². The fourth-order valence-corrected chi connectivity index (χ4v) is 2.77. The van der Waals surface area contributed by atoms with E-state index in [1.165, 1.54) is 0 Å². The number of nitrogens with zero attached hydrogens (tertiary/aromatic N) is 1. The Morgan fingerprint density at radius 2 is 1.90 bits per heavy atom. The second-order valence-electron chi connectivity index (χ2n) is 4.58. The highest BCUT2D eigenvalue weighted by molar-refractivity contribution is 9.10. The fraction of sp³-hybridized carbons (Fsp3) is 0.0625. The van der Waals surface area contributed by atoms with Crippen LogP contribution in [0.15, 0.2) is 57.6 Å². The van der Waals surface area contributed by atoms with Gasteiger partial charge in [0.15, 0.2) is 5.76 Å². The molecule has 2 heterocycles. The number of aromatic nitrogens is 1. The summed E-state index contributed by atoms with van der Waals surface area (Å²) < 4.78 is 6.39. The van der Waals surface area contributed by atoms with Crippen molar-refractivity contribution in [3.8, 4) is 22.6 Å². The van der Waals surface area contributed by atoms with Crippen molar-refractivity contribution in [2.75, 3.05) is 5.73 Å². The van der Waals surface area contributed by atoms with Crippen LogP contribution in [0.5, 0.6) is 0 Å². The van der Waals surface area contributed by atoms with Crippen molar-refractivity contribution < 1.29 is 4.42 Å². The molecule has 0 aliphatic heterocycles. The molecule has 21 heavy (non-hydrogen) atoms. The summed E-state index contributed by atoms with van der Waals surface area (Å²) in [4.78, 5) is 4.39. The summed E-state index contributed by atoms with van der Waals surface area (Å²) in [6.07, 6.45) is 1.61. The number of furan rings is 1. The van der Waals surface area contributed by atoms with Crippen LogP contribution in [0.2, 0.25) is 0 Å². The van der Waals surface area contributed by atoms with Gasteiger partial charge in [-0.25, -0.2) is 4.98 Å². The molecule has 0 fully saturated rings. The largest absolute Gasteiger partial charge is 0.463 e. The minimum atomic E-state index is 0.327. The molecule has 0 aliphatic carbocycles. The molecule has 3 aromatic rings. The normalized spacial score (nSPS) is 10.8. The highest BCUT2D eigenvalue weighted by Crippen LogP contribution is 2.35. The van der Waals surface area contributed by atoms with Crippen LogP contribution in [0, 0.1) is 0 Å². The van der Waals surface area contributed by atoms with Crippen LogP contribution < -0.4 is 11.5 Å². The van der Waals surface area contributed by atoms with Gasteiger partial charge in [0.05, 0.1) is 6.26 Å². The predicted molar refractivity (Wildman–Crippen MR) is 87.4 cm³/mol. The molecule has 0 saturated heterocycles. The number of anilines is 1. The number of pyridine rings is 1. The molecule has 0 unspecified atom stereocenters. The van der Waals surface area contributed by atoms with Crippen LogP contribution in [0.1, 0.15) is 5.56 Å². The molecule has 4 nitrogen and oxygen atoms in total. The minimum absolute atomic E-state index is 0.327. The van der Waals surface area contributed by atoms with E-state index in [0.29, 0.717) is 23.8 Å². The lowest BCUT2D eigenvalue weighted by Gasteiger charge is -2.13. The van der Waals surface area contributed by atoms with Gasteiger partial charge in [-0.1, -0.05) is 34.1 Å². The highest BCUT2D eigenvalue weighted by Gasteiger charge is 2.15. The first kappa shape index (κ1) is 13.9. The maximum absolute atomic E-state index is 6.08. The third kappa shape index (κ3) is 2.57. The van der Waals surface area contributed by atoms with E-state index in [1.54, 1.807) is 6.26 Å². The van der Waals surface area contributed by atoms with Gasteiger partial charge >= 0.3 is 0 Å². The van der Waals surface area contributed by atoms with Crippen molar-refractivity contribution in [1.82, 2.24) is 4.98 Å². The van der Waals surface area contributed by atoms with E-state index in [9.17, 15) is 0 Å². The smallest absolute Gasteiger partial charge is 0.152 e. The highest BCUT2D eigenvalue weighted by atomic mass is 79.9. The maximum atomic E-state index is 6.08. The zero-order valence-corrected chi connectivity index (χ0v) is 12.8. The number of nitrogen functional groups attached to an aromatic ring is 1. The van der Waals surface area contributed by atoms with Gasteiger partial charge in [-0.3, -0.25) is 0 Å². The summed E-state index contributed by atoms with van der Waals surface area (Å²) in [5, 5.41) is 0. The number of nitrogens with two attached hydrogens (primary N) is 2. The fourth-order valence-electron chi connectivity index (χ4n) is 2.28. The molecule has 0 atom stereocenters. The number of rotatable bonds is 3. The Balaban J connectivity index is 2.25. The van der Waals surface area contributed by atoms with Gasteiger partial charge < -0.3 is 15.9 Å². The van der Waals surface area contributed by atoms with Gasteiger partial charge in [0.25, 0.3) is 0 Å². The van der Waals surface area contributed by atoms with Gasteiger partial charge in [-0.05, 0) is 35.4 Å². The Bertz CT molecular complexity index is 769. The van der Waals surface area contributed by atoms with Gasteiger partial charge in [-0.2, -0.15) is 0 Å². The third-order valence-corrected chi connectivity index (χ3v) is 3.99. The van der Waals surface area contributed by atoms with Crippen LogP contribution in [-0.2, 0) is 6.54 Å². The SMILES string of the molecule is NCc1c(-c2ccccc2Br)cc(-c2ccco2)nc1N. The topological polar surface area (TPSA) is 78.1 Å². The summed E-state index contributed by atoms with van der Waals surface area (Å²) >= 11 is 3.57. The van der Waals surface area contributed by atoms with E-state index in [2.05, 4.69) is 20.9 Å². The lowest BCUT2D eigenvalue weighted by atomic mass is 9.99. The number of benzene rings is 1. The standard InChI is InChI=1S/C16H14BrN3O/c17-13-5-2-1-4-10(13)11-8-14(15-6-3-7-21-15)20-16(19)12(11)9-18/h1-8H,9,18H2,(H2,19,20). The van der Waals surface area contributed by atoms with E-state index >= 15 is 0 Å². The van der Waals surface area contributed by atoms with E-state index < -0.39 is 0 Å². The molecule has 1 aromatic carbocycles. The van der Waals surface area contributed by atoms with Crippen molar-refractivity contribution in [1.29, 1.82) is 0 Å². The van der Waals surface area contributed by atoms with Gasteiger partial charge in [-0.15, -0.1) is 0 Å². The van der Waals surface area contributed by atoms with Crippen molar-refractivity contribution in [3.05, 3.63) is 58.8 Å². The average Bonchev–Trinajstić information content (AvgIpc) is 3.01. The summed E-state index contributed by atoms with van der Waals surface area (Å²) in [5.41, 5.74) is 15.4. The average molecular weight is 344 g/mol. The quantitative estimate of drug-likeness (QED) is 0.757. The molecule has 106 valence electrons. The Labute approximate surface area is 130 Å². The van der Waals surface area contributed by atoms with Crippen LogP contribution in [0.3, 0.4) is 0 Å². The van der Waals surface area contributed by atoms with Crippen molar-refractivity contribution in [2.24, 2.45) is 5.73 Å². The van der Waals surface area contributed by atoms with E-state index in [-0.39, 0.29) is 0 Å². The molecule has 3 rings (SSSR count). The Kier molecular flexibility index (Phi) is 3.77. The van der Waals surface area contributed by atoms with Gasteiger partial charge in [0, 0.05) is 16.6 Å². The van der Waals surface area contributed by atoms with E-state index in [0.717, 1.165) is 21.2 Å². The Morgan fingerprint density at radius 1 is 1.10 bits per heavy atom. The van der Waals surface area contributed by atoms with E-state index in [4.69, 9.17) is 15.9 Å². The summed E-state index contributed by atoms with van der Waals surface area (Å²) in [6, 6.07) is 13.6. The van der Waals surface area contributed by atoms with Crippen LogP contribution in [0.25, 0.3) is 22.6 Å². The second-order valence-corrected chi connectivity index (χ2v) is 5.43. The summed E-state index contributed by atoms with van der Waals surface area (Å²) in [7, 11) is 0. The molecule has 0 saturated carbocycles. The molecular weight excluding hydrogens is 330 g/mol. The summed E-state index contributed by atoms with van der Waals surface area (Å²) in [6.45, 7) is 0.327. The Hall–Kier alpha value is -2.11. The first-order chi connectivity index (χ1) is 10.2. The molecule has 0 radical (unpaired) electrons. The van der Waals surface area contributed by atoms with Crippen molar-refractivity contribution in [3.63, 3.8) is 0 Å². The maximum Gasteiger partial charge on any atom is 0.152 e. The number of halogens is 1.